The molecule has 0 heterocycles. The summed E-state index contributed by atoms with van der Waals surface area (Å²) in [6.07, 6.45) is 0. The molecule has 7 heteroatoms. The second-order valence-corrected chi connectivity index (χ2v) is 3.44. The summed E-state index contributed by atoms with van der Waals surface area (Å²) in [7, 11) is 0. The van der Waals surface area contributed by atoms with Gasteiger partial charge in [-0.1, -0.05) is 0 Å². The summed E-state index contributed by atoms with van der Waals surface area (Å²) in [4.78, 5) is 0. The van der Waals surface area contributed by atoms with Crippen LogP contribution in [0, 0.1) is 38.2 Å². The second kappa shape index (κ2) is 6.65. The molecule has 0 aliphatic rings. The molecule has 4 nitrogen and oxygen atoms in total. The predicted molar refractivity (Wildman–Crippen MR) is 21.6 cm³/mol. The van der Waals surface area contributed by atoms with Gasteiger partial charge in [-0.15, -0.1) is 0 Å². The third-order valence-corrected chi connectivity index (χ3v) is 0. The molecule has 0 aliphatic heterocycles. The van der Waals surface area contributed by atoms with Gasteiger partial charge in [0.2, 0.25) is 0 Å². The van der Waals surface area contributed by atoms with E-state index in [2.05, 4.69) is 0 Å². The topological polar surface area (TPSA) is 77.8 Å². The summed E-state index contributed by atoms with van der Waals surface area (Å²) < 4.78 is 30.8. The molecule has 0 rings (SSSR count). The molecule has 0 aromatic rings. The van der Waals surface area contributed by atoms with Crippen molar-refractivity contribution in [2.24, 2.45) is 0 Å². The monoisotopic (exact) mass is 378 g/mol. The van der Waals surface area contributed by atoms with Crippen molar-refractivity contribution in [3.8, 4) is 0 Å². The van der Waals surface area contributed by atoms with E-state index in [1.807, 2.05) is 0 Å². The standard InChI is InChI=1S/Dy.Mg.3H2O.O.Sb.2H/h;;3*1H2;;;;/q;;;;;;+3;;/p-3. The molecule has 0 saturated carbocycles. The molecular formula is H5DyMgO4Sb. The molecule has 0 aromatic carbocycles. The molecule has 46 valence electrons. The van der Waals surface area contributed by atoms with Crippen molar-refractivity contribution in [2.45, 2.75) is 0 Å². The molecule has 0 atom stereocenters. The zero-order valence-corrected chi connectivity index (χ0v) is 7.10. The first kappa shape index (κ1) is 16.3. The molecule has 3 N–H and O–H groups in total. The Bertz CT molecular complexity index is 57.8. The van der Waals surface area contributed by atoms with Crippen LogP contribution in [0.5, 0.6) is 0 Å². The minimum absolute atomic E-state index is 0. The summed E-state index contributed by atoms with van der Waals surface area (Å²) in [5.74, 6) is 0. The van der Waals surface area contributed by atoms with Gasteiger partial charge in [-0.2, -0.15) is 0 Å². The van der Waals surface area contributed by atoms with Crippen LogP contribution in [-0.2, 0) is 3.02 Å². The van der Waals surface area contributed by atoms with Gasteiger partial charge < -0.3 is 0 Å². The fraction of sp³-hybridized carbons (Fsp3) is 0. The summed E-state index contributed by atoms with van der Waals surface area (Å²) in [6.45, 7) is 0. The van der Waals surface area contributed by atoms with Gasteiger partial charge in [0, 0.05) is 38.2 Å². The van der Waals surface area contributed by atoms with E-state index in [1.54, 1.807) is 0 Å². The number of hydrogen-bond donors (Lipinski definition) is 3. The Morgan fingerprint density at radius 3 is 1.14 bits per heavy atom. The van der Waals surface area contributed by atoms with Gasteiger partial charge in [-0.05, 0) is 0 Å². The second-order valence-electron chi connectivity index (χ2n) is 0.513. The third kappa shape index (κ3) is 56.7. The van der Waals surface area contributed by atoms with Crippen molar-refractivity contribution in [3.63, 3.8) is 0 Å². The molecule has 7 heavy (non-hydrogen) atoms. The number of hydrogen-bond acceptors (Lipinski definition) is 1. The van der Waals surface area contributed by atoms with Crippen LogP contribution in [0.15, 0.2) is 0 Å². The molecule has 0 fully saturated rings. The third-order valence-electron chi connectivity index (χ3n) is 0. The molecule has 0 spiro atoms. The van der Waals surface area contributed by atoms with Gasteiger partial charge in [0.1, 0.15) is 0 Å². The fourth-order valence-corrected chi connectivity index (χ4v) is 0. The zero-order chi connectivity index (χ0) is 4.50. The Labute approximate surface area is 92.6 Å². The Hall–Kier alpha value is 2.54. The molecule has 0 aromatic heterocycles. The SMILES string of the molecule is [Dy].[MgH2].[O]=[Sb]([OH])([OH])[OH]. The first-order valence-corrected chi connectivity index (χ1v) is 5.25. The van der Waals surface area contributed by atoms with Crippen molar-refractivity contribution in [3.05, 3.63) is 0 Å². The number of rotatable bonds is 0. The van der Waals surface area contributed by atoms with Gasteiger partial charge in [0.05, 0.1) is 0 Å². The molecule has 0 saturated heterocycles. The van der Waals surface area contributed by atoms with E-state index in [1.165, 1.54) is 0 Å². The van der Waals surface area contributed by atoms with Gasteiger partial charge in [0.25, 0.3) is 0 Å². The van der Waals surface area contributed by atoms with E-state index in [0.717, 1.165) is 0 Å². The zero-order valence-electron chi connectivity index (χ0n) is 2.51. The van der Waals surface area contributed by atoms with Crippen LogP contribution in [0.2, 0.25) is 0 Å². The van der Waals surface area contributed by atoms with Crippen molar-refractivity contribution >= 4 is 43.1 Å². The maximum absolute atomic E-state index is 8.97. The van der Waals surface area contributed by atoms with Crippen LogP contribution in [0.25, 0.3) is 0 Å². The summed E-state index contributed by atoms with van der Waals surface area (Å²) in [6, 6.07) is 0. The Morgan fingerprint density at radius 1 is 1.14 bits per heavy atom. The van der Waals surface area contributed by atoms with Gasteiger partial charge in [-0.3, -0.25) is 0 Å². The molecule has 0 radical (unpaired) electrons. The predicted octanol–water partition coefficient (Wildman–Crippen LogP) is -3.09. The molecular weight excluding hydrogens is 373 g/mol. The van der Waals surface area contributed by atoms with Crippen molar-refractivity contribution in [1.82, 2.24) is 0 Å². The average Bonchev–Trinajstić information content (AvgIpc) is 0.722. The van der Waals surface area contributed by atoms with E-state index in [-0.39, 0.29) is 61.2 Å². The summed E-state index contributed by atoms with van der Waals surface area (Å²) >= 11 is -5.35. The van der Waals surface area contributed by atoms with E-state index < -0.39 is 20.1 Å². The summed E-state index contributed by atoms with van der Waals surface area (Å²) in [5.41, 5.74) is 0. The molecule has 0 unspecified atom stereocenters. The van der Waals surface area contributed by atoms with Crippen molar-refractivity contribution in [1.29, 1.82) is 0 Å². The first-order chi connectivity index (χ1) is 2.00. The van der Waals surface area contributed by atoms with E-state index >= 15 is 0 Å². The van der Waals surface area contributed by atoms with Crippen LogP contribution in [0.1, 0.15) is 0 Å². The minimum atomic E-state index is -5.35. The van der Waals surface area contributed by atoms with Gasteiger partial charge >= 0.3 is 56.3 Å². The Kier molecular flexibility index (Phi) is 15.5. The quantitative estimate of drug-likeness (QED) is 0.391. The average molecular weight is 378 g/mol. The maximum atomic E-state index is 8.97. The Balaban J connectivity index is -0.0000000800. The van der Waals surface area contributed by atoms with E-state index in [4.69, 9.17) is 13.2 Å². The van der Waals surface area contributed by atoms with Crippen LogP contribution < -0.4 is 0 Å². The van der Waals surface area contributed by atoms with Crippen molar-refractivity contribution in [2.75, 3.05) is 0 Å². The fourth-order valence-electron chi connectivity index (χ4n) is 0. The van der Waals surface area contributed by atoms with E-state index in [9.17, 15) is 0 Å². The van der Waals surface area contributed by atoms with Gasteiger partial charge in [-0.25, -0.2) is 0 Å². The first-order valence-electron chi connectivity index (χ1n) is 0.783. The Morgan fingerprint density at radius 2 is 1.14 bits per heavy atom. The van der Waals surface area contributed by atoms with Crippen LogP contribution in [0.4, 0.5) is 0 Å². The molecule has 0 aliphatic carbocycles. The van der Waals surface area contributed by atoms with E-state index in [0.29, 0.717) is 0 Å². The van der Waals surface area contributed by atoms with Crippen LogP contribution in [0.3, 0.4) is 0 Å². The van der Waals surface area contributed by atoms with Crippen LogP contribution >= 0.6 is 0 Å². The molecule has 0 bridgehead atoms. The molecule has 0 amide bonds. The van der Waals surface area contributed by atoms with Crippen LogP contribution in [-0.4, -0.2) is 53.3 Å². The normalized spacial score (nSPS) is 8.43. The van der Waals surface area contributed by atoms with Gasteiger partial charge in [0.15, 0.2) is 0 Å². The van der Waals surface area contributed by atoms with Crippen molar-refractivity contribution < 1.29 is 51.3 Å². The summed E-state index contributed by atoms with van der Waals surface area (Å²) in [5, 5.41) is 0.